The number of hydrogen-bond donors (Lipinski definition) is 1. The monoisotopic (exact) mass is 384 g/mol. The van der Waals surface area contributed by atoms with Crippen molar-refractivity contribution >= 4 is 15.7 Å². The Kier molecular flexibility index (Phi) is 7.16. The van der Waals surface area contributed by atoms with Gasteiger partial charge in [-0.2, -0.15) is 0 Å². The van der Waals surface area contributed by atoms with E-state index in [2.05, 4.69) is 0 Å². The van der Waals surface area contributed by atoms with Crippen LogP contribution >= 0.6 is 0 Å². The van der Waals surface area contributed by atoms with Gasteiger partial charge in [0, 0.05) is 31.1 Å². The van der Waals surface area contributed by atoms with Crippen molar-refractivity contribution in [2.75, 3.05) is 25.4 Å². The molecule has 1 heterocycles. The van der Waals surface area contributed by atoms with Crippen LogP contribution in [-0.2, 0) is 14.6 Å². The minimum Gasteiger partial charge on any atom is -0.489 e. The first kappa shape index (κ1) is 20.4. The van der Waals surface area contributed by atoms with E-state index >= 15 is 0 Å². The number of piperidine rings is 1. The number of rotatable bonds is 8. The van der Waals surface area contributed by atoms with E-state index in [1.807, 2.05) is 0 Å². The number of ether oxygens (including phenoxy) is 1. The molecule has 0 bridgehead atoms. The van der Waals surface area contributed by atoms with Gasteiger partial charge >= 0.3 is 0 Å². The van der Waals surface area contributed by atoms with Crippen LogP contribution in [0.2, 0.25) is 0 Å². The van der Waals surface area contributed by atoms with Crippen molar-refractivity contribution in [3.05, 3.63) is 36.2 Å². The largest absolute Gasteiger partial charge is 0.489 e. The summed E-state index contributed by atoms with van der Waals surface area (Å²) in [6, 6.07) is 5.59. The number of benzene rings is 1. The molecule has 1 saturated heterocycles. The second-order valence-corrected chi connectivity index (χ2v) is 8.44. The van der Waals surface area contributed by atoms with Crippen LogP contribution < -0.4 is 10.5 Å². The maximum absolute atomic E-state index is 12.6. The zero-order valence-corrected chi connectivity index (χ0v) is 15.7. The molecule has 6 nitrogen and oxygen atoms in total. The molecular weight excluding hydrogens is 359 g/mol. The molecule has 1 atom stereocenters. The quantitative estimate of drug-likeness (QED) is 0.741. The highest BCUT2D eigenvalue weighted by atomic mass is 32.2. The summed E-state index contributed by atoms with van der Waals surface area (Å²) in [4.78, 5) is 13.8. The molecule has 1 aromatic rings. The molecule has 1 unspecified atom stereocenters. The minimum atomic E-state index is -3.53. The summed E-state index contributed by atoms with van der Waals surface area (Å²) < 4.78 is 43.0. The summed E-state index contributed by atoms with van der Waals surface area (Å²) in [6.07, 6.45) is 2.65. The average Bonchev–Trinajstić information content (AvgIpc) is 2.63. The van der Waals surface area contributed by atoms with Gasteiger partial charge in [0.05, 0.1) is 17.0 Å². The van der Waals surface area contributed by atoms with Crippen molar-refractivity contribution in [1.82, 2.24) is 4.90 Å². The number of likely N-dealkylation sites (tertiary alicyclic amines) is 1. The van der Waals surface area contributed by atoms with Crippen LogP contribution in [0.4, 0.5) is 4.39 Å². The van der Waals surface area contributed by atoms with E-state index in [1.54, 1.807) is 11.8 Å². The Hall–Kier alpha value is -1.93. The van der Waals surface area contributed by atoms with Gasteiger partial charge in [0.25, 0.3) is 0 Å². The summed E-state index contributed by atoms with van der Waals surface area (Å²) in [7, 11) is -3.53. The third kappa shape index (κ3) is 5.28. The molecule has 2 rings (SSSR count). The van der Waals surface area contributed by atoms with Gasteiger partial charge in [-0.25, -0.2) is 12.8 Å². The molecule has 1 aliphatic heterocycles. The molecule has 0 spiro atoms. The molecule has 1 aliphatic rings. The molecule has 1 aromatic carbocycles. The van der Waals surface area contributed by atoms with Crippen molar-refractivity contribution in [2.45, 2.75) is 37.1 Å². The highest BCUT2D eigenvalue weighted by molar-refractivity contribution is 7.91. The lowest BCUT2D eigenvalue weighted by Crippen LogP contribution is -2.44. The van der Waals surface area contributed by atoms with Gasteiger partial charge in [0.1, 0.15) is 12.4 Å². The summed E-state index contributed by atoms with van der Waals surface area (Å²) in [5, 5.41) is 0. The van der Waals surface area contributed by atoms with Crippen molar-refractivity contribution in [2.24, 2.45) is 5.73 Å². The molecule has 0 aromatic heterocycles. The summed E-state index contributed by atoms with van der Waals surface area (Å²) in [6.45, 7) is 2.42. The Morgan fingerprint density at radius 3 is 2.62 bits per heavy atom. The molecule has 1 amide bonds. The Morgan fingerprint density at radius 2 is 2.04 bits per heavy atom. The lowest BCUT2D eigenvalue weighted by Gasteiger charge is -2.32. The predicted molar refractivity (Wildman–Crippen MR) is 97.3 cm³/mol. The van der Waals surface area contributed by atoms with Crippen molar-refractivity contribution < 1.29 is 22.3 Å². The number of nitrogens with two attached hydrogens (primary N) is 1. The SMILES string of the molecule is CC(CS(=O)(=O)c1ccc(OCC(=CF)CN)cc1)N1CCCCC1=O. The molecule has 26 heavy (non-hydrogen) atoms. The zero-order chi connectivity index (χ0) is 19.2. The van der Waals surface area contributed by atoms with E-state index in [4.69, 9.17) is 10.5 Å². The van der Waals surface area contributed by atoms with Gasteiger partial charge in [-0.3, -0.25) is 4.79 Å². The van der Waals surface area contributed by atoms with Crippen LogP contribution in [0.25, 0.3) is 0 Å². The van der Waals surface area contributed by atoms with Gasteiger partial charge in [-0.1, -0.05) is 0 Å². The normalized spacial score (nSPS) is 17.3. The lowest BCUT2D eigenvalue weighted by molar-refractivity contribution is -0.134. The number of halogens is 1. The Labute approximate surface area is 153 Å². The van der Waals surface area contributed by atoms with E-state index in [1.165, 1.54) is 24.3 Å². The van der Waals surface area contributed by atoms with E-state index < -0.39 is 9.84 Å². The van der Waals surface area contributed by atoms with E-state index in [0.29, 0.717) is 30.6 Å². The number of sulfone groups is 1. The van der Waals surface area contributed by atoms with Crippen LogP contribution in [0.5, 0.6) is 5.75 Å². The van der Waals surface area contributed by atoms with E-state index in [9.17, 15) is 17.6 Å². The lowest BCUT2D eigenvalue weighted by atomic mass is 10.1. The molecule has 2 N–H and O–H groups in total. The second-order valence-electron chi connectivity index (χ2n) is 6.41. The topological polar surface area (TPSA) is 89.7 Å². The molecular formula is C18H25FN2O4S. The number of carbonyl (C=O) groups excluding carboxylic acids is 1. The van der Waals surface area contributed by atoms with Crippen LogP contribution in [0, 0.1) is 0 Å². The Balaban J connectivity index is 2.01. The standard InChI is InChI=1S/C18H25FN2O4S/c1-14(21-9-3-2-4-18(21)22)13-26(23,24)17-7-5-16(6-8-17)25-12-15(10-19)11-20/h5-8,10,14H,2-4,9,11-13,20H2,1H3. The minimum absolute atomic E-state index is 0.00715. The van der Waals surface area contributed by atoms with Gasteiger partial charge in [-0.15, -0.1) is 0 Å². The highest BCUT2D eigenvalue weighted by Crippen LogP contribution is 2.21. The summed E-state index contributed by atoms with van der Waals surface area (Å²) >= 11 is 0. The van der Waals surface area contributed by atoms with Crippen LogP contribution in [-0.4, -0.2) is 50.7 Å². The predicted octanol–water partition coefficient (Wildman–Crippen LogP) is 2.05. The fraction of sp³-hybridized carbons (Fsp3) is 0.500. The Bertz CT molecular complexity index is 747. The summed E-state index contributed by atoms with van der Waals surface area (Å²) in [5.74, 6) is 0.316. The van der Waals surface area contributed by atoms with Crippen LogP contribution in [0.3, 0.4) is 0 Å². The average molecular weight is 384 g/mol. The number of hydrogen-bond acceptors (Lipinski definition) is 5. The fourth-order valence-corrected chi connectivity index (χ4v) is 4.41. The maximum atomic E-state index is 12.6. The van der Waals surface area contributed by atoms with Crippen LogP contribution in [0.15, 0.2) is 41.1 Å². The molecule has 0 radical (unpaired) electrons. The van der Waals surface area contributed by atoms with Gasteiger partial charge in [0.15, 0.2) is 9.84 Å². The van der Waals surface area contributed by atoms with Gasteiger partial charge < -0.3 is 15.4 Å². The number of carbonyl (C=O) groups is 1. The zero-order valence-electron chi connectivity index (χ0n) is 14.9. The first-order valence-electron chi connectivity index (χ1n) is 8.60. The van der Waals surface area contributed by atoms with Gasteiger partial charge in [0.2, 0.25) is 5.91 Å². The third-order valence-corrected chi connectivity index (χ3v) is 6.29. The summed E-state index contributed by atoms with van der Waals surface area (Å²) in [5.41, 5.74) is 5.66. The Morgan fingerprint density at radius 1 is 1.35 bits per heavy atom. The molecule has 0 aliphatic carbocycles. The fourth-order valence-electron chi connectivity index (χ4n) is 2.85. The van der Waals surface area contributed by atoms with Crippen molar-refractivity contribution in [3.8, 4) is 5.75 Å². The van der Waals surface area contributed by atoms with E-state index in [0.717, 1.165) is 12.8 Å². The molecule has 1 fully saturated rings. The molecule has 144 valence electrons. The molecule has 8 heteroatoms. The van der Waals surface area contributed by atoms with Crippen molar-refractivity contribution in [1.29, 1.82) is 0 Å². The number of nitrogens with zero attached hydrogens (tertiary/aromatic N) is 1. The van der Waals surface area contributed by atoms with Crippen LogP contribution in [0.1, 0.15) is 26.2 Å². The first-order chi connectivity index (χ1) is 12.4. The maximum Gasteiger partial charge on any atom is 0.222 e. The molecule has 0 saturated carbocycles. The number of amides is 1. The highest BCUT2D eigenvalue weighted by Gasteiger charge is 2.27. The smallest absolute Gasteiger partial charge is 0.222 e. The van der Waals surface area contributed by atoms with Gasteiger partial charge in [-0.05, 0) is 44.0 Å². The third-order valence-electron chi connectivity index (χ3n) is 4.38. The second kappa shape index (κ2) is 9.14. The first-order valence-corrected chi connectivity index (χ1v) is 10.3. The van der Waals surface area contributed by atoms with Crippen molar-refractivity contribution in [3.63, 3.8) is 0 Å². The van der Waals surface area contributed by atoms with E-state index in [-0.39, 0.29) is 35.7 Å².